The second-order valence-corrected chi connectivity index (χ2v) is 8.03. The monoisotopic (exact) mass is 477 g/mol. The number of aromatic carboxylic acids is 1. The number of pyridine rings is 1. The highest BCUT2D eigenvalue weighted by atomic mass is 16.5. The van der Waals surface area contributed by atoms with E-state index in [1.54, 1.807) is 36.7 Å². The molecule has 0 saturated heterocycles. The number of hydrogen-bond acceptors (Lipinski definition) is 8. The van der Waals surface area contributed by atoms with E-state index in [-0.39, 0.29) is 35.3 Å². The minimum Gasteiger partial charge on any atom is -0.478 e. The molecule has 5 N–H and O–H groups in total. The summed E-state index contributed by atoms with van der Waals surface area (Å²) in [5.41, 5.74) is 0.191. The van der Waals surface area contributed by atoms with Gasteiger partial charge in [-0.05, 0) is 54.8 Å². The molecule has 3 rings (SSSR count). The number of anilines is 1. The van der Waals surface area contributed by atoms with Crippen LogP contribution in [-0.2, 0) is 17.8 Å². The van der Waals surface area contributed by atoms with Crippen molar-refractivity contribution in [3.8, 4) is 5.75 Å². The summed E-state index contributed by atoms with van der Waals surface area (Å²) in [7, 11) is -2.01. The Kier molecular flexibility index (Phi) is 8.19. The van der Waals surface area contributed by atoms with E-state index >= 15 is 0 Å². The molecule has 0 aliphatic rings. The van der Waals surface area contributed by atoms with Gasteiger partial charge in [0.05, 0.1) is 11.1 Å². The number of carboxylic acids is 1. The number of benzene rings is 2. The lowest BCUT2D eigenvalue weighted by atomic mass is 9.63. The molecule has 2 aromatic carbocycles. The van der Waals surface area contributed by atoms with Crippen molar-refractivity contribution in [1.82, 2.24) is 10.3 Å². The summed E-state index contributed by atoms with van der Waals surface area (Å²) >= 11 is 0. The Labute approximate surface area is 201 Å². The maximum Gasteiger partial charge on any atom is 0.478 e. The van der Waals surface area contributed by atoms with Gasteiger partial charge in [0.1, 0.15) is 11.3 Å². The van der Waals surface area contributed by atoms with Crippen LogP contribution in [0.15, 0.2) is 67.0 Å². The highest BCUT2D eigenvalue weighted by Crippen LogP contribution is 2.28. The Morgan fingerprint density at radius 1 is 1.14 bits per heavy atom. The molecule has 35 heavy (non-hydrogen) atoms. The molecule has 11 heteroatoms. The van der Waals surface area contributed by atoms with Crippen molar-refractivity contribution in [2.45, 2.75) is 25.3 Å². The molecule has 1 atom stereocenters. The molecule has 1 heterocycles. The molecule has 1 aromatic heterocycles. The minimum absolute atomic E-state index is 0.0849. The zero-order valence-corrected chi connectivity index (χ0v) is 18.8. The number of rotatable bonds is 11. The number of amides is 1. The quantitative estimate of drug-likeness (QED) is 0.205. The van der Waals surface area contributed by atoms with Crippen molar-refractivity contribution in [3.63, 3.8) is 0 Å². The molecule has 180 valence electrons. The molecule has 0 bridgehead atoms. The Morgan fingerprint density at radius 2 is 1.91 bits per heavy atom. The zero-order valence-electron chi connectivity index (χ0n) is 18.8. The lowest BCUT2D eigenvalue weighted by Gasteiger charge is -2.30. The van der Waals surface area contributed by atoms with Crippen molar-refractivity contribution >= 4 is 31.2 Å². The van der Waals surface area contributed by atoms with Gasteiger partial charge in [0.2, 0.25) is 0 Å². The standard InChI is InChI=1S/C24H24BN3O7/c1-24(25(33)34,12-18-7-3-9-20(23(31)32)21(18)35-15-29)28-22(30)17-6-2-5-16(11-17)13-27-19-8-4-10-26-14-19/h2-11,14-15,27,33-34H,12-13H2,1H3,(H,28,30)(H,31,32)/t24-/m1/s1. The van der Waals surface area contributed by atoms with Crippen molar-refractivity contribution < 1.29 is 34.3 Å². The molecular weight excluding hydrogens is 453 g/mol. The molecule has 1 amide bonds. The van der Waals surface area contributed by atoms with Crippen molar-refractivity contribution in [1.29, 1.82) is 0 Å². The smallest absolute Gasteiger partial charge is 0.478 e. The number of aromatic nitrogens is 1. The van der Waals surface area contributed by atoms with E-state index in [4.69, 9.17) is 4.74 Å². The van der Waals surface area contributed by atoms with Gasteiger partial charge in [-0.2, -0.15) is 0 Å². The Hall–Kier alpha value is -4.22. The molecule has 10 nitrogen and oxygen atoms in total. The summed E-state index contributed by atoms with van der Waals surface area (Å²) in [5, 5.41) is 35.4. The lowest BCUT2D eigenvalue weighted by molar-refractivity contribution is -0.120. The Bertz CT molecular complexity index is 1210. The fourth-order valence-corrected chi connectivity index (χ4v) is 3.50. The number of ether oxygens (including phenoxy) is 1. The van der Waals surface area contributed by atoms with Crippen LogP contribution in [0.25, 0.3) is 0 Å². The van der Waals surface area contributed by atoms with Crippen LogP contribution in [0.3, 0.4) is 0 Å². The molecule has 0 saturated carbocycles. The van der Waals surface area contributed by atoms with E-state index < -0.39 is 24.4 Å². The average Bonchev–Trinajstić information content (AvgIpc) is 2.84. The number of carboxylic acid groups (broad SMARTS) is 1. The van der Waals surface area contributed by atoms with Crippen molar-refractivity contribution in [2.24, 2.45) is 0 Å². The Balaban J connectivity index is 1.80. The van der Waals surface area contributed by atoms with Gasteiger partial charge in [-0.15, -0.1) is 0 Å². The highest BCUT2D eigenvalue weighted by molar-refractivity contribution is 6.46. The number of nitrogens with one attached hydrogen (secondary N) is 2. The molecular formula is C24H24BN3O7. The first-order chi connectivity index (χ1) is 16.7. The first-order valence-electron chi connectivity index (χ1n) is 10.6. The second kappa shape index (κ2) is 11.3. The van der Waals surface area contributed by atoms with Gasteiger partial charge in [0.25, 0.3) is 12.4 Å². The van der Waals surface area contributed by atoms with Crippen LogP contribution >= 0.6 is 0 Å². The van der Waals surface area contributed by atoms with Crippen LogP contribution in [0.4, 0.5) is 5.69 Å². The lowest BCUT2D eigenvalue weighted by Crippen LogP contribution is -2.59. The minimum atomic E-state index is -2.01. The molecule has 0 radical (unpaired) electrons. The van der Waals surface area contributed by atoms with Crippen LogP contribution in [0, 0.1) is 0 Å². The van der Waals surface area contributed by atoms with Gasteiger partial charge in [-0.1, -0.05) is 24.3 Å². The molecule has 0 aliphatic heterocycles. The van der Waals surface area contributed by atoms with Crippen molar-refractivity contribution in [2.75, 3.05) is 5.32 Å². The number of carbonyl (C=O) groups excluding carboxylic acids is 2. The predicted octanol–water partition coefficient (Wildman–Crippen LogP) is 1.67. The van der Waals surface area contributed by atoms with Gasteiger partial charge >= 0.3 is 13.1 Å². The summed E-state index contributed by atoms with van der Waals surface area (Å²) < 4.78 is 4.88. The van der Waals surface area contributed by atoms with Crippen LogP contribution in [0.2, 0.25) is 0 Å². The fourth-order valence-electron chi connectivity index (χ4n) is 3.50. The second-order valence-electron chi connectivity index (χ2n) is 8.03. The first kappa shape index (κ1) is 25.4. The molecule has 0 aliphatic carbocycles. The van der Waals surface area contributed by atoms with Gasteiger partial charge in [-0.25, -0.2) is 4.79 Å². The van der Waals surface area contributed by atoms with E-state index in [1.807, 2.05) is 12.1 Å². The average molecular weight is 477 g/mol. The topological polar surface area (TPSA) is 158 Å². The molecule has 3 aromatic rings. The maximum atomic E-state index is 13.0. The third kappa shape index (κ3) is 6.43. The molecule has 0 spiro atoms. The molecule has 0 unspecified atom stereocenters. The van der Waals surface area contributed by atoms with Crippen LogP contribution in [0.1, 0.15) is 38.8 Å². The number of hydrogen-bond donors (Lipinski definition) is 5. The summed E-state index contributed by atoms with van der Waals surface area (Å²) in [5.74, 6) is -2.13. The van der Waals surface area contributed by atoms with E-state index in [1.165, 1.54) is 25.1 Å². The summed E-state index contributed by atoms with van der Waals surface area (Å²) in [6, 6.07) is 14.6. The summed E-state index contributed by atoms with van der Waals surface area (Å²) in [4.78, 5) is 39.5. The van der Waals surface area contributed by atoms with E-state index in [2.05, 4.69) is 15.6 Å². The first-order valence-corrected chi connectivity index (χ1v) is 10.6. The van der Waals surface area contributed by atoms with Crippen LogP contribution < -0.4 is 15.4 Å². The highest BCUT2D eigenvalue weighted by Gasteiger charge is 2.40. The van der Waals surface area contributed by atoms with Gasteiger partial charge < -0.3 is 30.5 Å². The summed E-state index contributed by atoms with van der Waals surface area (Å²) in [6.07, 6.45) is 3.10. The van der Waals surface area contributed by atoms with E-state index in [9.17, 15) is 29.5 Å². The van der Waals surface area contributed by atoms with E-state index in [0.717, 1.165) is 11.3 Å². The molecule has 0 fully saturated rings. The normalized spacial score (nSPS) is 12.2. The third-order valence-electron chi connectivity index (χ3n) is 5.37. The van der Waals surface area contributed by atoms with E-state index in [0.29, 0.717) is 6.54 Å². The van der Waals surface area contributed by atoms with Gasteiger partial charge in [0.15, 0.2) is 0 Å². The third-order valence-corrected chi connectivity index (χ3v) is 5.37. The van der Waals surface area contributed by atoms with Crippen molar-refractivity contribution in [3.05, 3.63) is 89.2 Å². The largest absolute Gasteiger partial charge is 0.478 e. The number of nitrogens with zero attached hydrogens (tertiary/aromatic N) is 1. The number of para-hydroxylation sites is 1. The Morgan fingerprint density at radius 3 is 2.57 bits per heavy atom. The van der Waals surface area contributed by atoms with Crippen LogP contribution in [0.5, 0.6) is 5.75 Å². The predicted molar refractivity (Wildman–Crippen MR) is 128 cm³/mol. The summed E-state index contributed by atoms with van der Waals surface area (Å²) in [6.45, 7) is 1.91. The SMILES string of the molecule is C[C@](Cc1cccc(C(=O)O)c1OC=O)(NC(=O)c1cccc(CNc2cccnc2)c1)B(O)O. The van der Waals surface area contributed by atoms with Gasteiger partial charge in [-0.3, -0.25) is 14.6 Å². The van der Waals surface area contributed by atoms with Gasteiger partial charge in [0, 0.05) is 24.5 Å². The fraction of sp³-hybridized carbons (Fsp3) is 0.167. The van der Waals surface area contributed by atoms with Crippen LogP contribution in [-0.4, -0.2) is 51.0 Å². The zero-order chi connectivity index (χ0) is 25.4. The maximum absolute atomic E-state index is 13.0. The number of carbonyl (C=O) groups is 3.